The molecule has 0 aliphatic carbocycles. The minimum Gasteiger partial charge on any atom is -0.368 e. The van der Waals surface area contributed by atoms with Crippen LogP contribution in [0.5, 0.6) is 0 Å². The number of halogens is 1. The highest BCUT2D eigenvalue weighted by Crippen LogP contribution is 2.27. The summed E-state index contributed by atoms with van der Waals surface area (Å²) in [6, 6.07) is 12.1. The molecule has 1 heterocycles. The van der Waals surface area contributed by atoms with Gasteiger partial charge < -0.3 is 5.73 Å². The molecule has 3 rings (SSSR count). The van der Waals surface area contributed by atoms with Gasteiger partial charge in [-0.1, -0.05) is 24.3 Å². The molecule has 6 nitrogen and oxygen atoms in total. The first kappa shape index (κ1) is 16.8. The molecule has 1 aromatic heterocycles. The second-order valence-corrected chi connectivity index (χ2v) is 6.99. The lowest BCUT2D eigenvalue weighted by atomic mass is 10.1. The van der Waals surface area contributed by atoms with Gasteiger partial charge in [0.25, 0.3) is 10.0 Å². The van der Waals surface area contributed by atoms with E-state index in [-0.39, 0.29) is 5.95 Å². The van der Waals surface area contributed by atoms with E-state index in [2.05, 4.69) is 14.7 Å². The average molecular weight is 358 g/mol. The van der Waals surface area contributed by atoms with E-state index < -0.39 is 20.7 Å². The Morgan fingerprint density at radius 2 is 1.84 bits per heavy atom. The first-order valence-corrected chi connectivity index (χ1v) is 8.82. The van der Waals surface area contributed by atoms with Crippen LogP contribution in [0.3, 0.4) is 0 Å². The van der Waals surface area contributed by atoms with Crippen molar-refractivity contribution in [2.75, 3.05) is 10.5 Å². The second kappa shape index (κ2) is 6.48. The maximum atomic E-state index is 14.2. The van der Waals surface area contributed by atoms with Gasteiger partial charge in [-0.05, 0) is 36.8 Å². The van der Waals surface area contributed by atoms with E-state index in [1.165, 1.54) is 18.3 Å². The summed E-state index contributed by atoms with van der Waals surface area (Å²) in [5.74, 6) is -0.733. The Labute approximate surface area is 144 Å². The number of nitrogens with two attached hydrogens (primary N) is 1. The van der Waals surface area contributed by atoms with Gasteiger partial charge in [0.15, 0.2) is 0 Å². The zero-order chi connectivity index (χ0) is 18.0. The number of anilines is 2. The van der Waals surface area contributed by atoms with Crippen LogP contribution in [0.2, 0.25) is 0 Å². The minimum absolute atomic E-state index is 0.113. The van der Waals surface area contributed by atoms with Crippen LogP contribution in [-0.2, 0) is 10.0 Å². The highest BCUT2D eigenvalue weighted by Gasteiger charge is 2.20. The Hall–Kier alpha value is -3.00. The van der Waals surface area contributed by atoms with Gasteiger partial charge in [-0.15, -0.1) is 0 Å². The molecule has 0 amide bonds. The maximum Gasteiger partial charge on any atom is 0.264 e. The Balaban J connectivity index is 2.05. The topological polar surface area (TPSA) is 98.0 Å². The molecule has 3 aromatic rings. The predicted octanol–water partition coefficient (Wildman–Crippen LogP) is 2.97. The van der Waals surface area contributed by atoms with E-state index in [9.17, 15) is 12.8 Å². The van der Waals surface area contributed by atoms with Crippen molar-refractivity contribution in [3.8, 4) is 11.1 Å². The standard InChI is InChI=1S/C17H15FN4O2S/c1-11-14(10-20-17(19)21-11)12-7-8-15(18)16(9-12)25(23,24)22-13-5-3-2-4-6-13/h2-10,22H,1H3,(H2,19,20,21). The molecule has 0 atom stereocenters. The third-order valence-electron chi connectivity index (χ3n) is 3.56. The molecule has 0 saturated heterocycles. The lowest BCUT2D eigenvalue weighted by Crippen LogP contribution is -2.14. The van der Waals surface area contributed by atoms with Crippen LogP contribution in [0.1, 0.15) is 5.69 Å². The summed E-state index contributed by atoms with van der Waals surface area (Å²) in [4.78, 5) is 7.49. The number of nitrogens with one attached hydrogen (secondary N) is 1. The third kappa shape index (κ3) is 3.58. The fraction of sp³-hybridized carbons (Fsp3) is 0.0588. The van der Waals surface area contributed by atoms with Crippen molar-refractivity contribution >= 4 is 21.7 Å². The van der Waals surface area contributed by atoms with Crippen molar-refractivity contribution < 1.29 is 12.8 Å². The smallest absolute Gasteiger partial charge is 0.264 e. The van der Waals surface area contributed by atoms with E-state index in [1.807, 2.05) is 0 Å². The van der Waals surface area contributed by atoms with Crippen LogP contribution >= 0.6 is 0 Å². The predicted molar refractivity (Wildman–Crippen MR) is 93.8 cm³/mol. The molecule has 0 aliphatic rings. The summed E-state index contributed by atoms with van der Waals surface area (Å²) in [5, 5.41) is 0. The number of aryl methyl sites for hydroxylation is 1. The fourth-order valence-electron chi connectivity index (χ4n) is 2.36. The number of nitrogen functional groups attached to an aromatic ring is 1. The lowest BCUT2D eigenvalue weighted by molar-refractivity contribution is 0.570. The summed E-state index contributed by atoms with van der Waals surface area (Å²) in [7, 11) is -4.09. The van der Waals surface area contributed by atoms with Crippen molar-refractivity contribution in [2.45, 2.75) is 11.8 Å². The minimum atomic E-state index is -4.09. The van der Waals surface area contributed by atoms with Crippen LogP contribution in [-0.4, -0.2) is 18.4 Å². The van der Waals surface area contributed by atoms with Crippen molar-refractivity contribution in [1.29, 1.82) is 0 Å². The Morgan fingerprint density at radius 1 is 1.12 bits per heavy atom. The van der Waals surface area contributed by atoms with Crippen molar-refractivity contribution in [3.05, 3.63) is 66.2 Å². The van der Waals surface area contributed by atoms with Crippen LogP contribution in [0.25, 0.3) is 11.1 Å². The number of sulfonamides is 1. The maximum absolute atomic E-state index is 14.2. The third-order valence-corrected chi connectivity index (χ3v) is 4.95. The van der Waals surface area contributed by atoms with E-state index in [1.54, 1.807) is 37.3 Å². The van der Waals surface area contributed by atoms with Crippen LogP contribution in [0.15, 0.2) is 59.6 Å². The van der Waals surface area contributed by atoms with Gasteiger partial charge in [-0.3, -0.25) is 4.72 Å². The number of benzene rings is 2. The quantitative estimate of drug-likeness (QED) is 0.747. The van der Waals surface area contributed by atoms with Gasteiger partial charge in [0.2, 0.25) is 5.95 Å². The summed E-state index contributed by atoms with van der Waals surface area (Å²) >= 11 is 0. The molecule has 128 valence electrons. The molecular weight excluding hydrogens is 343 g/mol. The number of rotatable bonds is 4. The molecule has 0 unspecified atom stereocenters. The van der Waals surface area contributed by atoms with Crippen LogP contribution in [0, 0.1) is 12.7 Å². The molecule has 2 aromatic carbocycles. The molecule has 3 N–H and O–H groups in total. The molecule has 0 spiro atoms. The van der Waals surface area contributed by atoms with Gasteiger partial charge in [0.1, 0.15) is 10.7 Å². The number of hydrogen-bond donors (Lipinski definition) is 2. The molecule has 0 aliphatic heterocycles. The van der Waals surface area contributed by atoms with Gasteiger partial charge >= 0.3 is 0 Å². The first-order chi connectivity index (χ1) is 11.9. The molecule has 0 bridgehead atoms. The van der Waals surface area contributed by atoms with Gasteiger partial charge in [0, 0.05) is 17.4 Å². The summed E-state index contributed by atoms with van der Waals surface area (Å²) in [5.41, 5.74) is 7.49. The van der Waals surface area contributed by atoms with Crippen molar-refractivity contribution in [3.63, 3.8) is 0 Å². The van der Waals surface area contributed by atoms with Crippen LogP contribution < -0.4 is 10.5 Å². The molecule has 0 saturated carbocycles. The van der Waals surface area contributed by atoms with E-state index in [0.717, 1.165) is 6.07 Å². The zero-order valence-electron chi connectivity index (χ0n) is 13.3. The first-order valence-electron chi connectivity index (χ1n) is 7.34. The monoisotopic (exact) mass is 358 g/mol. The van der Waals surface area contributed by atoms with Gasteiger partial charge in [-0.25, -0.2) is 22.8 Å². The van der Waals surface area contributed by atoms with Gasteiger partial charge in [0.05, 0.1) is 5.69 Å². The lowest BCUT2D eigenvalue weighted by Gasteiger charge is -2.11. The molecule has 25 heavy (non-hydrogen) atoms. The molecule has 0 fully saturated rings. The summed E-state index contributed by atoms with van der Waals surface area (Å²) in [6.45, 7) is 1.72. The van der Waals surface area contributed by atoms with E-state index in [0.29, 0.717) is 22.5 Å². The van der Waals surface area contributed by atoms with E-state index in [4.69, 9.17) is 5.73 Å². The Morgan fingerprint density at radius 3 is 2.52 bits per heavy atom. The highest BCUT2D eigenvalue weighted by atomic mass is 32.2. The summed E-state index contributed by atoms with van der Waals surface area (Å²) < 4.78 is 41.6. The SMILES string of the molecule is Cc1nc(N)ncc1-c1ccc(F)c(S(=O)(=O)Nc2ccccc2)c1. The zero-order valence-corrected chi connectivity index (χ0v) is 14.1. The second-order valence-electron chi connectivity index (χ2n) is 5.34. The van der Waals surface area contributed by atoms with Crippen LogP contribution in [0.4, 0.5) is 16.0 Å². The number of aromatic nitrogens is 2. The average Bonchev–Trinajstić information content (AvgIpc) is 2.56. The molecule has 8 heteroatoms. The molecular formula is C17H15FN4O2S. The number of nitrogens with zero attached hydrogens (tertiary/aromatic N) is 2. The fourth-order valence-corrected chi connectivity index (χ4v) is 3.52. The normalized spacial score (nSPS) is 11.3. The molecule has 0 radical (unpaired) electrons. The van der Waals surface area contributed by atoms with Crippen molar-refractivity contribution in [2.24, 2.45) is 0 Å². The number of hydrogen-bond acceptors (Lipinski definition) is 5. The van der Waals surface area contributed by atoms with E-state index >= 15 is 0 Å². The Bertz CT molecular complexity index is 1020. The summed E-state index contributed by atoms with van der Waals surface area (Å²) in [6.07, 6.45) is 1.48. The number of para-hydroxylation sites is 1. The van der Waals surface area contributed by atoms with Gasteiger partial charge in [-0.2, -0.15) is 0 Å². The van der Waals surface area contributed by atoms with Crippen molar-refractivity contribution in [1.82, 2.24) is 9.97 Å². The Kier molecular flexibility index (Phi) is 4.37. The largest absolute Gasteiger partial charge is 0.368 e. The highest BCUT2D eigenvalue weighted by molar-refractivity contribution is 7.92.